The normalized spacial score (nSPS) is 11.3. The van der Waals surface area contributed by atoms with Gasteiger partial charge in [-0.15, -0.1) is 0 Å². The van der Waals surface area contributed by atoms with E-state index < -0.39 is 0 Å². The Labute approximate surface area is 111 Å². The van der Waals surface area contributed by atoms with Crippen LogP contribution in [0.1, 0.15) is 31.7 Å². The third-order valence-electron chi connectivity index (χ3n) is 2.40. The maximum Gasteiger partial charge on any atom is 0.224 e. The number of amides is 1. The van der Waals surface area contributed by atoms with Gasteiger partial charge in [-0.3, -0.25) is 4.79 Å². The summed E-state index contributed by atoms with van der Waals surface area (Å²) >= 11 is 5.86. The number of nitrogens with two attached hydrogens (primary N) is 1. The lowest BCUT2D eigenvalue weighted by atomic mass is 10.1. The molecule has 0 spiro atoms. The van der Waals surface area contributed by atoms with Crippen molar-refractivity contribution in [2.75, 3.05) is 5.32 Å². The van der Waals surface area contributed by atoms with Gasteiger partial charge < -0.3 is 16.3 Å². The number of nitrogens with zero attached hydrogens (tertiary/aromatic N) is 1. The van der Waals surface area contributed by atoms with Crippen LogP contribution in [0.5, 0.6) is 0 Å². The first kappa shape index (κ1) is 14.3. The highest BCUT2D eigenvalue weighted by atomic mass is 35.5. The van der Waals surface area contributed by atoms with Gasteiger partial charge in [-0.05, 0) is 24.6 Å². The Hall–Kier alpha value is -1.75. The van der Waals surface area contributed by atoms with E-state index in [2.05, 4.69) is 10.5 Å². The topological polar surface area (TPSA) is 87.7 Å². The molecule has 0 bridgehead atoms. The Morgan fingerprint density at radius 2 is 2.28 bits per heavy atom. The quantitative estimate of drug-likeness (QED) is 0.332. The standard InChI is InChI=1S/C12H16ClN3O2/c1-2-3-4-11(17)15-10-7-8(13)5-6-9(10)12(14)16-18/h5-7,18H,2-4H2,1H3,(H2,14,16)(H,15,17). The van der Waals surface area contributed by atoms with E-state index in [9.17, 15) is 4.79 Å². The Morgan fingerprint density at radius 3 is 2.89 bits per heavy atom. The molecule has 0 aliphatic rings. The second kappa shape index (κ2) is 6.86. The highest BCUT2D eigenvalue weighted by Gasteiger charge is 2.10. The van der Waals surface area contributed by atoms with Crippen LogP contribution in [-0.2, 0) is 4.79 Å². The maximum atomic E-state index is 11.6. The molecular formula is C12H16ClN3O2. The van der Waals surface area contributed by atoms with E-state index in [-0.39, 0.29) is 11.7 Å². The van der Waals surface area contributed by atoms with E-state index >= 15 is 0 Å². The van der Waals surface area contributed by atoms with E-state index in [1.807, 2.05) is 6.92 Å². The van der Waals surface area contributed by atoms with Crippen LogP contribution < -0.4 is 11.1 Å². The molecule has 98 valence electrons. The van der Waals surface area contributed by atoms with Crippen LogP contribution in [0.3, 0.4) is 0 Å². The van der Waals surface area contributed by atoms with Gasteiger partial charge in [-0.1, -0.05) is 30.1 Å². The third-order valence-corrected chi connectivity index (χ3v) is 2.63. The molecule has 1 rings (SSSR count). The van der Waals surface area contributed by atoms with E-state index in [4.69, 9.17) is 22.5 Å². The van der Waals surface area contributed by atoms with Gasteiger partial charge in [0.15, 0.2) is 5.84 Å². The van der Waals surface area contributed by atoms with Crippen molar-refractivity contribution in [1.82, 2.24) is 0 Å². The monoisotopic (exact) mass is 269 g/mol. The molecule has 0 saturated heterocycles. The summed E-state index contributed by atoms with van der Waals surface area (Å²) in [7, 11) is 0. The lowest BCUT2D eigenvalue weighted by molar-refractivity contribution is -0.116. The maximum absolute atomic E-state index is 11.6. The zero-order chi connectivity index (χ0) is 13.5. The Kier molecular flexibility index (Phi) is 5.45. The molecule has 0 aliphatic heterocycles. The highest BCUT2D eigenvalue weighted by Crippen LogP contribution is 2.21. The van der Waals surface area contributed by atoms with Crippen LogP contribution in [0.2, 0.25) is 5.02 Å². The lowest BCUT2D eigenvalue weighted by Crippen LogP contribution is -2.19. The number of oxime groups is 1. The first-order valence-electron chi connectivity index (χ1n) is 5.65. The van der Waals surface area contributed by atoms with Crippen LogP contribution in [0.15, 0.2) is 23.4 Å². The van der Waals surface area contributed by atoms with Gasteiger partial charge >= 0.3 is 0 Å². The van der Waals surface area contributed by atoms with Crippen LogP contribution in [0, 0.1) is 0 Å². The largest absolute Gasteiger partial charge is 0.409 e. The van der Waals surface area contributed by atoms with Gasteiger partial charge in [0.25, 0.3) is 0 Å². The summed E-state index contributed by atoms with van der Waals surface area (Å²) in [6.45, 7) is 2.01. The van der Waals surface area contributed by atoms with E-state index in [1.54, 1.807) is 18.2 Å². The first-order valence-corrected chi connectivity index (χ1v) is 6.03. The second-order valence-corrected chi connectivity index (χ2v) is 4.26. The van der Waals surface area contributed by atoms with Crippen molar-refractivity contribution in [2.45, 2.75) is 26.2 Å². The summed E-state index contributed by atoms with van der Waals surface area (Å²) in [6, 6.07) is 4.77. The van der Waals surface area contributed by atoms with Crippen molar-refractivity contribution in [2.24, 2.45) is 10.9 Å². The van der Waals surface area contributed by atoms with Gasteiger partial charge in [0.1, 0.15) is 0 Å². The molecule has 6 heteroatoms. The summed E-state index contributed by atoms with van der Waals surface area (Å²) in [4.78, 5) is 11.6. The second-order valence-electron chi connectivity index (χ2n) is 3.83. The Balaban J connectivity index is 2.92. The molecule has 18 heavy (non-hydrogen) atoms. The van der Waals surface area contributed by atoms with Crippen LogP contribution >= 0.6 is 11.6 Å². The number of carbonyl (C=O) groups is 1. The average Bonchev–Trinajstić information content (AvgIpc) is 2.35. The van der Waals surface area contributed by atoms with Crippen molar-refractivity contribution < 1.29 is 10.0 Å². The zero-order valence-electron chi connectivity index (χ0n) is 10.1. The number of hydrogen-bond acceptors (Lipinski definition) is 3. The van der Waals surface area contributed by atoms with Crippen molar-refractivity contribution in [1.29, 1.82) is 0 Å². The molecule has 0 unspecified atom stereocenters. The van der Waals surface area contributed by atoms with Crippen molar-refractivity contribution in [3.8, 4) is 0 Å². The molecule has 5 nitrogen and oxygen atoms in total. The molecule has 1 amide bonds. The Bertz CT molecular complexity index is 461. The predicted molar refractivity (Wildman–Crippen MR) is 72.1 cm³/mol. The molecule has 0 aromatic heterocycles. The molecule has 0 aliphatic carbocycles. The molecular weight excluding hydrogens is 254 g/mol. The minimum Gasteiger partial charge on any atom is -0.409 e. The minimum atomic E-state index is -0.119. The number of hydrogen-bond donors (Lipinski definition) is 3. The molecule has 4 N–H and O–H groups in total. The summed E-state index contributed by atoms with van der Waals surface area (Å²) in [5.41, 5.74) is 6.41. The van der Waals surface area contributed by atoms with Gasteiger partial charge in [-0.25, -0.2) is 0 Å². The number of amidine groups is 1. The summed E-state index contributed by atoms with van der Waals surface area (Å²) < 4.78 is 0. The number of halogens is 1. The van der Waals surface area contributed by atoms with Crippen LogP contribution in [0.4, 0.5) is 5.69 Å². The molecule has 0 saturated carbocycles. The van der Waals surface area contributed by atoms with Gasteiger partial charge in [-0.2, -0.15) is 0 Å². The summed E-state index contributed by atoms with van der Waals surface area (Å²) in [5.74, 6) is -0.191. The fourth-order valence-electron chi connectivity index (χ4n) is 1.45. The van der Waals surface area contributed by atoms with Crippen LogP contribution in [0.25, 0.3) is 0 Å². The lowest BCUT2D eigenvalue weighted by Gasteiger charge is -2.10. The number of nitrogens with one attached hydrogen (secondary N) is 1. The molecule has 0 fully saturated rings. The number of unbranched alkanes of at least 4 members (excludes halogenated alkanes) is 1. The van der Waals surface area contributed by atoms with E-state index in [0.717, 1.165) is 12.8 Å². The molecule has 0 heterocycles. The van der Waals surface area contributed by atoms with E-state index in [0.29, 0.717) is 22.7 Å². The fraction of sp³-hybridized carbons (Fsp3) is 0.333. The SMILES string of the molecule is CCCCC(=O)Nc1cc(Cl)ccc1C(N)=NO. The van der Waals surface area contributed by atoms with Crippen LogP contribution in [-0.4, -0.2) is 17.0 Å². The average molecular weight is 270 g/mol. The molecule has 0 radical (unpaired) electrons. The van der Waals surface area contributed by atoms with Crippen molar-refractivity contribution in [3.05, 3.63) is 28.8 Å². The fourth-order valence-corrected chi connectivity index (χ4v) is 1.62. The van der Waals surface area contributed by atoms with Gasteiger partial charge in [0.2, 0.25) is 5.91 Å². The smallest absolute Gasteiger partial charge is 0.224 e. The Morgan fingerprint density at radius 1 is 1.56 bits per heavy atom. The molecule has 1 aromatic rings. The predicted octanol–water partition coefficient (Wildman–Crippen LogP) is 2.56. The number of anilines is 1. The first-order chi connectivity index (χ1) is 8.58. The zero-order valence-corrected chi connectivity index (χ0v) is 10.9. The van der Waals surface area contributed by atoms with Gasteiger partial charge in [0.05, 0.1) is 5.69 Å². The van der Waals surface area contributed by atoms with Crippen molar-refractivity contribution >= 4 is 29.0 Å². The highest BCUT2D eigenvalue weighted by molar-refractivity contribution is 6.31. The molecule has 1 aromatic carbocycles. The summed E-state index contributed by atoms with van der Waals surface area (Å²) in [5, 5.41) is 14.8. The number of carbonyl (C=O) groups excluding carboxylic acids is 1. The number of rotatable bonds is 5. The molecule has 0 atom stereocenters. The summed E-state index contributed by atoms with van der Waals surface area (Å²) in [6.07, 6.45) is 2.18. The van der Waals surface area contributed by atoms with Crippen molar-refractivity contribution in [3.63, 3.8) is 0 Å². The minimum absolute atomic E-state index is 0.0718. The number of benzene rings is 1. The van der Waals surface area contributed by atoms with Gasteiger partial charge in [0, 0.05) is 17.0 Å². The van der Waals surface area contributed by atoms with E-state index in [1.165, 1.54) is 0 Å². The third kappa shape index (κ3) is 3.92.